The second-order valence-corrected chi connectivity index (χ2v) is 8.04. The number of amides is 1. The fraction of sp³-hybridized carbons (Fsp3) is 0.609. The maximum absolute atomic E-state index is 12.8. The van der Waals surface area contributed by atoms with E-state index < -0.39 is 4.92 Å². The summed E-state index contributed by atoms with van der Waals surface area (Å²) in [6.07, 6.45) is 7.23. The van der Waals surface area contributed by atoms with Gasteiger partial charge in [-0.3, -0.25) is 24.5 Å². The first-order chi connectivity index (χ1) is 15.3. The van der Waals surface area contributed by atoms with Crippen molar-refractivity contribution in [1.82, 2.24) is 4.90 Å². The molecule has 0 heterocycles. The van der Waals surface area contributed by atoms with E-state index in [0.29, 0.717) is 37.7 Å². The van der Waals surface area contributed by atoms with E-state index in [2.05, 4.69) is 0 Å². The molecule has 1 amide bonds. The van der Waals surface area contributed by atoms with E-state index in [4.69, 9.17) is 9.47 Å². The maximum atomic E-state index is 12.8. The third-order valence-corrected chi connectivity index (χ3v) is 5.69. The van der Waals surface area contributed by atoms with Crippen LogP contribution < -0.4 is 4.74 Å². The number of nitrogens with zero attached hydrogens (tertiary/aromatic N) is 2. The van der Waals surface area contributed by atoms with Gasteiger partial charge in [-0.15, -0.1) is 0 Å². The van der Waals surface area contributed by atoms with Gasteiger partial charge < -0.3 is 14.4 Å². The van der Waals surface area contributed by atoms with Crippen LogP contribution in [-0.4, -0.2) is 53.8 Å². The fourth-order valence-electron chi connectivity index (χ4n) is 4.05. The average molecular weight is 449 g/mol. The minimum Gasteiger partial charge on any atom is -0.492 e. The number of benzene rings is 1. The Labute approximate surface area is 188 Å². The number of unbranched alkanes of at least 4 members (excludes halogenated alkanes) is 1. The zero-order chi connectivity index (χ0) is 23.5. The van der Waals surface area contributed by atoms with Crippen LogP contribution in [0.3, 0.4) is 0 Å². The highest BCUT2D eigenvalue weighted by Gasteiger charge is 2.25. The molecule has 0 spiro atoms. The van der Waals surface area contributed by atoms with Crippen LogP contribution in [0.5, 0.6) is 5.75 Å². The van der Waals surface area contributed by atoms with Crippen molar-refractivity contribution in [3.05, 3.63) is 33.4 Å². The summed E-state index contributed by atoms with van der Waals surface area (Å²) in [5.74, 6) is -0.112. The molecule has 0 atom stereocenters. The van der Waals surface area contributed by atoms with Gasteiger partial charge in [0.05, 0.1) is 18.1 Å². The number of hydrogen-bond acceptors (Lipinski definition) is 7. The molecular formula is C23H32N2O7. The number of carbonyl (C=O) groups is 3. The zero-order valence-corrected chi connectivity index (χ0v) is 18.8. The number of ether oxygens (including phenoxy) is 2. The summed E-state index contributed by atoms with van der Waals surface area (Å²) in [6.45, 7) is 3.91. The monoisotopic (exact) mass is 448 g/mol. The quantitative estimate of drug-likeness (QED) is 0.156. The van der Waals surface area contributed by atoms with Crippen LogP contribution in [0.1, 0.15) is 74.2 Å². The number of rotatable bonds is 12. The SMILES string of the molecule is CC(=O)OCCN(C(=O)CCCCOc1c(C)ccc([N+](=O)[O-])c1C=O)C1CCCCC1. The van der Waals surface area contributed by atoms with Crippen molar-refractivity contribution in [3.8, 4) is 5.75 Å². The second kappa shape index (κ2) is 12.8. The summed E-state index contributed by atoms with van der Waals surface area (Å²) in [5.41, 5.74) is 0.287. The predicted molar refractivity (Wildman–Crippen MR) is 118 cm³/mol. The van der Waals surface area contributed by atoms with Gasteiger partial charge in [0, 0.05) is 25.5 Å². The molecule has 0 unspecified atom stereocenters. The van der Waals surface area contributed by atoms with Crippen LogP contribution in [0.15, 0.2) is 12.1 Å². The summed E-state index contributed by atoms with van der Waals surface area (Å²) in [7, 11) is 0. The molecule has 0 aromatic heterocycles. The molecule has 0 aliphatic heterocycles. The van der Waals surface area contributed by atoms with E-state index in [0.717, 1.165) is 25.7 Å². The smallest absolute Gasteiger partial charge is 0.302 e. The molecule has 0 bridgehead atoms. The molecule has 9 nitrogen and oxygen atoms in total. The first-order valence-electron chi connectivity index (χ1n) is 11.1. The summed E-state index contributed by atoms with van der Waals surface area (Å²) in [6, 6.07) is 3.03. The van der Waals surface area contributed by atoms with Crippen LogP contribution in [0.4, 0.5) is 5.69 Å². The van der Waals surface area contributed by atoms with E-state index in [-0.39, 0.29) is 48.1 Å². The molecule has 0 saturated heterocycles. The van der Waals surface area contributed by atoms with Gasteiger partial charge in [-0.2, -0.15) is 0 Å². The molecule has 2 rings (SSSR count). The maximum Gasteiger partial charge on any atom is 0.302 e. The van der Waals surface area contributed by atoms with Crippen LogP contribution in [0.25, 0.3) is 0 Å². The molecular weight excluding hydrogens is 416 g/mol. The van der Waals surface area contributed by atoms with Crippen LogP contribution in [0.2, 0.25) is 0 Å². The number of nitro benzene ring substituents is 1. The van der Waals surface area contributed by atoms with Crippen molar-refractivity contribution in [3.63, 3.8) is 0 Å². The first-order valence-corrected chi connectivity index (χ1v) is 11.1. The largest absolute Gasteiger partial charge is 0.492 e. The van der Waals surface area contributed by atoms with Gasteiger partial charge >= 0.3 is 5.97 Å². The summed E-state index contributed by atoms with van der Waals surface area (Å²) in [5, 5.41) is 11.1. The van der Waals surface area contributed by atoms with Crippen molar-refractivity contribution in [1.29, 1.82) is 0 Å². The van der Waals surface area contributed by atoms with Crippen LogP contribution in [0, 0.1) is 17.0 Å². The molecule has 1 fully saturated rings. The Morgan fingerprint density at radius 2 is 1.91 bits per heavy atom. The van der Waals surface area contributed by atoms with E-state index in [1.165, 1.54) is 19.4 Å². The number of carbonyl (C=O) groups excluding carboxylic acids is 3. The Kier molecular flexibility index (Phi) is 10.1. The first kappa shape index (κ1) is 25.3. The Balaban J connectivity index is 1.88. The summed E-state index contributed by atoms with van der Waals surface area (Å²) in [4.78, 5) is 47.6. The van der Waals surface area contributed by atoms with Crippen LogP contribution >= 0.6 is 0 Å². The van der Waals surface area contributed by atoms with Gasteiger partial charge in [0.25, 0.3) is 5.69 Å². The Hall–Kier alpha value is -2.97. The van der Waals surface area contributed by atoms with Crippen molar-refractivity contribution in [2.75, 3.05) is 19.8 Å². The van der Waals surface area contributed by atoms with E-state index in [1.54, 1.807) is 13.0 Å². The molecule has 176 valence electrons. The summed E-state index contributed by atoms with van der Waals surface area (Å²) >= 11 is 0. The van der Waals surface area contributed by atoms with Gasteiger partial charge in [-0.05, 0) is 44.2 Å². The topological polar surface area (TPSA) is 116 Å². The highest BCUT2D eigenvalue weighted by Crippen LogP contribution is 2.30. The molecule has 0 radical (unpaired) electrons. The third kappa shape index (κ3) is 7.32. The highest BCUT2D eigenvalue weighted by atomic mass is 16.6. The van der Waals surface area contributed by atoms with Gasteiger partial charge in [0.1, 0.15) is 17.9 Å². The van der Waals surface area contributed by atoms with E-state index >= 15 is 0 Å². The average Bonchev–Trinajstić information content (AvgIpc) is 2.77. The minimum atomic E-state index is -0.607. The lowest BCUT2D eigenvalue weighted by molar-refractivity contribution is -0.385. The standard InChI is InChI=1S/C23H32N2O7/c1-17-11-12-21(25(29)30)20(16-26)23(17)32-14-7-6-10-22(28)24(13-15-31-18(2)27)19-8-4-3-5-9-19/h11-12,16,19H,3-10,13-15H2,1-2H3. The van der Waals surface area contributed by atoms with Crippen molar-refractivity contribution in [2.24, 2.45) is 0 Å². The van der Waals surface area contributed by atoms with Crippen molar-refractivity contribution < 1.29 is 28.8 Å². The predicted octanol–water partition coefficient (Wildman–Crippen LogP) is 3.99. The fourth-order valence-corrected chi connectivity index (χ4v) is 4.05. The Bertz CT molecular complexity index is 819. The normalized spacial score (nSPS) is 13.9. The molecule has 1 aliphatic rings. The molecule has 1 aliphatic carbocycles. The second-order valence-electron chi connectivity index (χ2n) is 8.04. The molecule has 1 saturated carbocycles. The van der Waals surface area contributed by atoms with Crippen LogP contribution in [-0.2, 0) is 14.3 Å². The molecule has 1 aromatic carbocycles. The van der Waals surface area contributed by atoms with Crippen molar-refractivity contribution >= 4 is 23.9 Å². The van der Waals surface area contributed by atoms with Gasteiger partial charge in [0.15, 0.2) is 6.29 Å². The van der Waals surface area contributed by atoms with Gasteiger partial charge in [-0.1, -0.05) is 19.3 Å². The lowest BCUT2D eigenvalue weighted by Gasteiger charge is -2.34. The lowest BCUT2D eigenvalue weighted by atomic mass is 9.94. The number of nitro groups is 1. The number of aldehydes is 1. The highest BCUT2D eigenvalue weighted by molar-refractivity contribution is 5.86. The van der Waals surface area contributed by atoms with Gasteiger partial charge in [0.2, 0.25) is 5.91 Å². The van der Waals surface area contributed by atoms with E-state index in [9.17, 15) is 24.5 Å². The summed E-state index contributed by atoms with van der Waals surface area (Å²) < 4.78 is 10.7. The van der Waals surface area contributed by atoms with E-state index in [1.807, 2.05) is 4.90 Å². The molecule has 0 N–H and O–H groups in total. The number of aryl methyl sites for hydroxylation is 1. The Morgan fingerprint density at radius 1 is 1.19 bits per heavy atom. The zero-order valence-electron chi connectivity index (χ0n) is 18.8. The molecule has 32 heavy (non-hydrogen) atoms. The third-order valence-electron chi connectivity index (χ3n) is 5.69. The molecule has 1 aromatic rings. The molecule has 9 heteroatoms. The van der Waals surface area contributed by atoms with Gasteiger partial charge in [-0.25, -0.2) is 0 Å². The number of hydrogen-bond donors (Lipinski definition) is 0. The Morgan fingerprint density at radius 3 is 2.53 bits per heavy atom. The number of esters is 1. The lowest BCUT2D eigenvalue weighted by Crippen LogP contribution is -2.43. The minimum absolute atomic E-state index is 0.0316. The van der Waals surface area contributed by atoms with Crippen molar-refractivity contribution in [2.45, 2.75) is 71.3 Å².